The molecule has 0 saturated heterocycles. The molecule has 1 aliphatic heterocycles. The molecular weight excluding hydrogens is 377 g/mol. The first kappa shape index (κ1) is 20.2. The Morgan fingerprint density at radius 1 is 0.933 bits per heavy atom. The number of rotatable bonds is 6. The van der Waals surface area contributed by atoms with E-state index in [1.54, 1.807) is 0 Å². The van der Waals surface area contributed by atoms with Crippen LogP contribution >= 0.6 is 0 Å². The van der Waals surface area contributed by atoms with Gasteiger partial charge in [-0.1, -0.05) is 30.3 Å². The number of fused-ring (bicyclic) bond motifs is 1. The first-order valence-corrected chi connectivity index (χ1v) is 10.3. The van der Waals surface area contributed by atoms with Crippen molar-refractivity contribution in [3.63, 3.8) is 0 Å². The van der Waals surface area contributed by atoms with Crippen molar-refractivity contribution >= 4 is 5.76 Å². The fourth-order valence-corrected chi connectivity index (χ4v) is 4.02. The lowest BCUT2D eigenvalue weighted by molar-refractivity contribution is -0.853. The van der Waals surface area contributed by atoms with Gasteiger partial charge in [-0.25, -0.2) is 4.39 Å². The molecule has 1 heterocycles. The minimum absolute atomic E-state index is 0.00650. The zero-order valence-electron chi connectivity index (χ0n) is 17.6. The summed E-state index contributed by atoms with van der Waals surface area (Å²) in [5, 5.41) is 0. The average molecular weight is 405 g/mol. The van der Waals surface area contributed by atoms with Crippen LogP contribution in [0.4, 0.5) is 4.39 Å². The second-order valence-corrected chi connectivity index (χ2v) is 7.82. The summed E-state index contributed by atoms with van der Waals surface area (Å²) in [5.74, 6) is 2.33. The summed E-state index contributed by atoms with van der Waals surface area (Å²) in [6.45, 7) is 3.41. The highest BCUT2D eigenvalue weighted by atomic mass is 19.1. The third-order valence-electron chi connectivity index (χ3n) is 5.26. The molecule has 30 heavy (non-hydrogen) atoms. The molecule has 4 rings (SSSR count). The molecule has 0 fully saturated rings. The van der Waals surface area contributed by atoms with Crippen molar-refractivity contribution in [1.82, 2.24) is 0 Å². The topological polar surface area (TPSA) is 22.9 Å². The fourth-order valence-electron chi connectivity index (χ4n) is 4.02. The fraction of sp³-hybridized carbons (Fsp3) is 0.231. The normalized spacial score (nSPS) is 15.7. The van der Waals surface area contributed by atoms with Crippen LogP contribution in [0.3, 0.4) is 0 Å². The van der Waals surface area contributed by atoms with E-state index < -0.39 is 0 Å². The predicted octanol–water partition coefficient (Wildman–Crippen LogP) is 4.30. The van der Waals surface area contributed by atoms with Gasteiger partial charge in [0.05, 0.1) is 20.7 Å². The molecule has 3 aromatic carbocycles. The summed E-state index contributed by atoms with van der Waals surface area (Å²) in [6.07, 6.45) is 0. The van der Waals surface area contributed by atoms with Crippen LogP contribution in [0.5, 0.6) is 11.5 Å². The lowest BCUT2D eigenvalue weighted by Crippen LogP contribution is -3.06. The number of likely N-dealkylation sites (N-methyl/N-ethyl adjacent to an activating group) is 1. The summed E-state index contributed by atoms with van der Waals surface area (Å²) < 4.78 is 25.7. The van der Waals surface area contributed by atoms with E-state index in [1.165, 1.54) is 22.6 Å². The maximum Gasteiger partial charge on any atom is 0.140 e. The summed E-state index contributed by atoms with van der Waals surface area (Å²) in [4.78, 5) is 1.29. The van der Waals surface area contributed by atoms with Crippen LogP contribution in [0.2, 0.25) is 0 Å². The van der Waals surface area contributed by atoms with Crippen molar-refractivity contribution < 1.29 is 18.8 Å². The number of para-hydroxylation sites is 1. The molecule has 0 bridgehead atoms. The van der Waals surface area contributed by atoms with E-state index in [1.807, 2.05) is 61.5 Å². The van der Waals surface area contributed by atoms with Crippen LogP contribution in [0.1, 0.15) is 29.5 Å². The number of nitrogens with one attached hydrogen (secondary N) is 1. The minimum atomic E-state index is -0.227. The van der Waals surface area contributed by atoms with Crippen molar-refractivity contribution in [3.05, 3.63) is 101 Å². The number of benzene rings is 3. The molecule has 0 aliphatic carbocycles. The van der Waals surface area contributed by atoms with Gasteiger partial charge in [0.1, 0.15) is 29.6 Å². The zero-order chi connectivity index (χ0) is 21.1. The van der Waals surface area contributed by atoms with Gasteiger partial charge in [0.2, 0.25) is 0 Å². The lowest BCUT2D eigenvalue weighted by atomic mass is 9.81. The van der Waals surface area contributed by atoms with Gasteiger partial charge in [-0.15, -0.1) is 0 Å². The summed E-state index contributed by atoms with van der Waals surface area (Å²) in [5.41, 5.74) is 4.36. The number of hydrogen-bond donors (Lipinski definition) is 1. The highest BCUT2D eigenvalue weighted by Gasteiger charge is 2.33. The second kappa shape index (κ2) is 8.72. The van der Waals surface area contributed by atoms with Crippen LogP contribution in [-0.2, 0) is 0 Å². The summed E-state index contributed by atoms with van der Waals surface area (Å²) >= 11 is 0. The maximum atomic E-state index is 13.6. The van der Waals surface area contributed by atoms with E-state index in [9.17, 15) is 4.39 Å². The van der Waals surface area contributed by atoms with Crippen molar-refractivity contribution in [2.75, 3.05) is 27.2 Å². The minimum Gasteiger partial charge on any atom is -0.494 e. The monoisotopic (exact) mass is 404 g/mol. The molecule has 3 nitrogen and oxygen atoms in total. The van der Waals surface area contributed by atoms with Crippen LogP contribution in [0.15, 0.2) is 78.4 Å². The van der Waals surface area contributed by atoms with Gasteiger partial charge in [0.15, 0.2) is 0 Å². The van der Waals surface area contributed by atoms with Crippen LogP contribution in [0, 0.1) is 5.82 Å². The molecule has 154 valence electrons. The lowest BCUT2D eigenvalue weighted by Gasteiger charge is -2.31. The molecule has 0 spiro atoms. The van der Waals surface area contributed by atoms with Crippen molar-refractivity contribution in [1.29, 1.82) is 0 Å². The standard InChI is InChI=1S/C26H26FNO2/c1-4-29-21-15-11-19(12-16-21)26-23(17-28(2)3)25(18-9-13-20(27)14-10-18)22-7-5-6-8-24(22)30-26/h5-16,25H,4,17H2,1-3H3/p+1. The summed E-state index contributed by atoms with van der Waals surface area (Å²) in [6, 6.07) is 23.0. The summed E-state index contributed by atoms with van der Waals surface area (Å²) in [7, 11) is 4.26. The molecule has 0 radical (unpaired) electrons. The Bertz CT molecular complexity index is 1040. The first-order chi connectivity index (χ1) is 14.6. The molecule has 0 aromatic heterocycles. The predicted molar refractivity (Wildman–Crippen MR) is 118 cm³/mol. The Morgan fingerprint density at radius 2 is 1.63 bits per heavy atom. The van der Waals surface area contributed by atoms with Crippen molar-refractivity contribution in [2.45, 2.75) is 12.8 Å². The van der Waals surface area contributed by atoms with E-state index in [-0.39, 0.29) is 11.7 Å². The van der Waals surface area contributed by atoms with E-state index in [0.717, 1.165) is 40.5 Å². The van der Waals surface area contributed by atoms with E-state index >= 15 is 0 Å². The Hall–Kier alpha value is -3.11. The van der Waals surface area contributed by atoms with E-state index in [2.05, 4.69) is 20.2 Å². The van der Waals surface area contributed by atoms with Gasteiger partial charge >= 0.3 is 0 Å². The highest BCUT2D eigenvalue weighted by molar-refractivity contribution is 5.72. The Kier molecular flexibility index (Phi) is 5.86. The molecule has 1 unspecified atom stereocenters. The number of hydrogen-bond acceptors (Lipinski definition) is 2. The van der Waals surface area contributed by atoms with Gasteiger partial charge in [-0.05, 0) is 55.0 Å². The molecular formula is C26H27FNO2+. The Morgan fingerprint density at radius 3 is 2.30 bits per heavy atom. The zero-order valence-corrected chi connectivity index (χ0v) is 17.6. The number of quaternary nitrogens is 1. The van der Waals surface area contributed by atoms with Crippen molar-refractivity contribution in [3.8, 4) is 11.5 Å². The molecule has 4 heteroatoms. The number of ether oxygens (including phenoxy) is 2. The first-order valence-electron chi connectivity index (χ1n) is 10.3. The SMILES string of the molecule is CCOc1ccc(C2=C(C[NH+](C)C)C(c3ccc(F)cc3)c3ccccc3O2)cc1. The molecule has 0 saturated carbocycles. The molecule has 1 N–H and O–H groups in total. The van der Waals surface area contributed by atoms with Gasteiger partial charge in [-0.3, -0.25) is 0 Å². The van der Waals surface area contributed by atoms with Gasteiger partial charge < -0.3 is 14.4 Å². The molecule has 1 atom stereocenters. The van der Waals surface area contributed by atoms with Crippen LogP contribution in [0.25, 0.3) is 5.76 Å². The average Bonchev–Trinajstić information content (AvgIpc) is 2.75. The third-order valence-corrected chi connectivity index (χ3v) is 5.26. The Balaban J connectivity index is 1.88. The smallest absolute Gasteiger partial charge is 0.140 e. The van der Waals surface area contributed by atoms with Crippen molar-refractivity contribution in [2.24, 2.45) is 0 Å². The van der Waals surface area contributed by atoms with Gasteiger partial charge in [0, 0.05) is 22.6 Å². The molecule has 0 amide bonds. The molecule has 3 aromatic rings. The van der Waals surface area contributed by atoms with Crippen LogP contribution in [-0.4, -0.2) is 27.2 Å². The van der Waals surface area contributed by atoms with Gasteiger partial charge in [-0.2, -0.15) is 0 Å². The largest absolute Gasteiger partial charge is 0.494 e. The highest BCUT2D eigenvalue weighted by Crippen LogP contribution is 2.45. The van der Waals surface area contributed by atoms with Gasteiger partial charge in [0.25, 0.3) is 0 Å². The third kappa shape index (κ3) is 4.10. The molecule has 1 aliphatic rings. The Labute approximate surface area is 177 Å². The van der Waals surface area contributed by atoms with E-state index in [0.29, 0.717) is 6.61 Å². The second-order valence-electron chi connectivity index (χ2n) is 7.82. The van der Waals surface area contributed by atoms with Crippen LogP contribution < -0.4 is 14.4 Å². The maximum absolute atomic E-state index is 13.6. The quantitative estimate of drug-likeness (QED) is 0.662. The number of halogens is 1. The van der Waals surface area contributed by atoms with E-state index in [4.69, 9.17) is 9.47 Å².